The van der Waals surface area contributed by atoms with Gasteiger partial charge in [-0.1, -0.05) is 73.2 Å². The summed E-state index contributed by atoms with van der Waals surface area (Å²) in [4.78, 5) is 26.2. The first kappa shape index (κ1) is 28.3. The molecule has 0 bridgehead atoms. The molecule has 4 aromatic rings. The Labute approximate surface area is 234 Å². The van der Waals surface area contributed by atoms with Gasteiger partial charge in [0, 0.05) is 24.4 Å². The number of nitrogens with zero attached hydrogens (tertiary/aromatic N) is 1. The summed E-state index contributed by atoms with van der Waals surface area (Å²) in [5.41, 5.74) is 5.58. The Morgan fingerprint density at radius 2 is 1.48 bits per heavy atom. The van der Waals surface area contributed by atoms with E-state index < -0.39 is 11.9 Å². The van der Waals surface area contributed by atoms with E-state index >= 15 is 0 Å². The van der Waals surface area contributed by atoms with E-state index in [0.29, 0.717) is 13.0 Å². The van der Waals surface area contributed by atoms with Gasteiger partial charge in [-0.2, -0.15) is 0 Å². The predicted octanol–water partition coefficient (Wildman–Crippen LogP) is 7.54. The van der Waals surface area contributed by atoms with E-state index in [9.17, 15) is 14.7 Å². The van der Waals surface area contributed by atoms with Crippen molar-refractivity contribution in [3.63, 3.8) is 0 Å². The molecule has 0 aliphatic heterocycles. The number of aliphatic carboxylic acids is 1. The summed E-state index contributed by atoms with van der Waals surface area (Å²) in [5.74, 6) is -0.780. The molecule has 0 aliphatic carbocycles. The van der Waals surface area contributed by atoms with Crippen LogP contribution in [0.25, 0.3) is 17.2 Å². The quantitative estimate of drug-likeness (QED) is 0.162. The minimum atomic E-state index is -0.946. The van der Waals surface area contributed by atoms with Crippen molar-refractivity contribution in [2.75, 3.05) is 0 Å². The molecule has 6 nitrogen and oxygen atoms in total. The average molecular weight is 536 g/mol. The van der Waals surface area contributed by atoms with Crippen molar-refractivity contribution in [3.05, 3.63) is 126 Å². The molecule has 0 saturated heterocycles. The molecule has 0 amide bonds. The van der Waals surface area contributed by atoms with Gasteiger partial charge in [0.2, 0.25) is 0 Å². The number of para-hydroxylation sites is 1. The molecule has 4 rings (SSSR count). The summed E-state index contributed by atoms with van der Waals surface area (Å²) < 4.78 is 6.20. The van der Waals surface area contributed by atoms with Gasteiger partial charge < -0.3 is 14.9 Å². The summed E-state index contributed by atoms with van der Waals surface area (Å²) in [6.07, 6.45) is 10.9. The zero-order chi connectivity index (χ0) is 28.2. The number of allylic oxidation sites excluding steroid dienone is 1. The monoisotopic (exact) mass is 535 g/mol. The zero-order valence-corrected chi connectivity index (χ0v) is 22.3. The molecule has 6 heteroatoms. The number of rotatable bonds is 14. The van der Waals surface area contributed by atoms with Crippen LogP contribution in [0.15, 0.2) is 103 Å². The molecule has 1 aromatic heterocycles. The normalized spacial score (nSPS) is 11.8. The van der Waals surface area contributed by atoms with Gasteiger partial charge in [-0.3, -0.25) is 9.78 Å². The molecule has 2 N–H and O–H groups in total. The van der Waals surface area contributed by atoms with Crippen LogP contribution in [0, 0.1) is 5.92 Å². The van der Waals surface area contributed by atoms with Crippen molar-refractivity contribution in [2.24, 2.45) is 5.92 Å². The third kappa shape index (κ3) is 8.67. The molecular formula is C34H33NO5. The number of carboxylic acid groups (broad SMARTS) is 2. The van der Waals surface area contributed by atoms with Crippen LogP contribution in [0.4, 0.5) is 0 Å². The van der Waals surface area contributed by atoms with E-state index in [1.54, 1.807) is 24.5 Å². The van der Waals surface area contributed by atoms with E-state index in [4.69, 9.17) is 9.84 Å². The number of pyridine rings is 1. The Hall–Kier alpha value is -4.71. The van der Waals surface area contributed by atoms with Crippen molar-refractivity contribution >= 4 is 18.0 Å². The molecule has 0 fully saturated rings. The highest BCUT2D eigenvalue weighted by molar-refractivity contribution is 5.87. The van der Waals surface area contributed by atoms with Gasteiger partial charge in [0.15, 0.2) is 0 Å². The van der Waals surface area contributed by atoms with Crippen LogP contribution < -0.4 is 4.74 Å². The number of unbranched alkanes of at least 4 members (excludes halogenated alkanes) is 1. The van der Waals surface area contributed by atoms with Gasteiger partial charge in [0.05, 0.1) is 5.56 Å². The summed E-state index contributed by atoms with van der Waals surface area (Å²) in [5, 5.41) is 18.2. The average Bonchev–Trinajstić information content (AvgIpc) is 2.98. The molecule has 0 aliphatic rings. The second kappa shape index (κ2) is 14.4. The number of ether oxygens (including phenoxy) is 1. The smallest absolute Gasteiger partial charge is 0.335 e. The molecule has 0 saturated carbocycles. The lowest BCUT2D eigenvalue weighted by Gasteiger charge is -2.14. The predicted molar refractivity (Wildman–Crippen MR) is 156 cm³/mol. The first-order chi connectivity index (χ1) is 19.5. The van der Waals surface area contributed by atoms with Gasteiger partial charge in [-0.15, -0.1) is 0 Å². The maximum absolute atomic E-state index is 11.2. The third-order valence-electron chi connectivity index (χ3n) is 6.74. The fourth-order valence-corrected chi connectivity index (χ4v) is 4.52. The number of carboxylic acids is 2. The van der Waals surface area contributed by atoms with Crippen molar-refractivity contribution in [2.45, 2.75) is 38.7 Å². The molecule has 1 heterocycles. The number of aromatic carboxylic acids is 1. The van der Waals surface area contributed by atoms with Crippen LogP contribution in [-0.2, 0) is 17.8 Å². The highest BCUT2D eigenvalue weighted by Crippen LogP contribution is 2.25. The highest BCUT2D eigenvalue weighted by Gasteiger charge is 2.10. The van der Waals surface area contributed by atoms with Crippen LogP contribution >= 0.6 is 0 Å². The van der Waals surface area contributed by atoms with Crippen LogP contribution in [0.3, 0.4) is 0 Å². The molecule has 204 valence electrons. The summed E-state index contributed by atoms with van der Waals surface area (Å²) in [7, 11) is 0. The fourth-order valence-electron chi connectivity index (χ4n) is 4.52. The Balaban J connectivity index is 1.42. The van der Waals surface area contributed by atoms with Gasteiger partial charge in [0.1, 0.15) is 12.4 Å². The molecule has 1 unspecified atom stereocenters. The third-order valence-corrected chi connectivity index (χ3v) is 6.74. The second-order valence-corrected chi connectivity index (χ2v) is 9.72. The van der Waals surface area contributed by atoms with Crippen LogP contribution in [0.5, 0.6) is 5.75 Å². The first-order valence-electron chi connectivity index (χ1n) is 13.4. The highest BCUT2D eigenvalue weighted by atomic mass is 16.5. The molecule has 1 atom stereocenters. The van der Waals surface area contributed by atoms with E-state index in [-0.39, 0.29) is 17.9 Å². The van der Waals surface area contributed by atoms with E-state index in [2.05, 4.69) is 41.4 Å². The lowest BCUT2D eigenvalue weighted by molar-refractivity contribution is -0.137. The topological polar surface area (TPSA) is 96.7 Å². The molecule has 0 spiro atoms. The fraction of sp³-hybridized carbons (Fsp3) is 0.206. The number of hydrogen-bond acceptors (Lipinski definition) is 4. The standard InChI is InChI=1S/C34H33NO5/c36-33(37)8-4-1-5-25(23-26-10-17-31(18-11-26)34(38)39)9-16-30-6-2-3-7-32(30)40-24-27-12-14-28(15-13-27)29-19-21-35-22-20-29/h2-3,6-7,9-22,25H,1,4-5,8,23-24H2,(H,36,37)(H,38,39)/b16-9+. The number of hydrogen-bond donors (Lipinski definition) is 2. The van der Waals surface area contributed by atoms with Gasteiger partial charge in [-0.25, -0.2) is 4.79 Å². The largest absolute Gasteiger partial charge is 0.488 e. The van der Waals surface area contributed by atoms with E-state index in [1.807, 2.05) is 48.5 Å². The summed E-state index contributed by atoms with van der Waals surface area (Å²) in [6.45, 7) is 0.440. The lowest BCUT2D eigenvalue weighted by Crippen LogP contribution is -2.04. The molecular weight excluding hydrogens is 502 g/mol. The number of aromatic nitrogens is 1. The first-order valence-corrected chi connectivity index (χ1v) is 13.4. The minimum absolute atomic E-state index is 0.157. The van der Waals surface area contributed by atoms with Crippen molar-refractivity contribution in [3.8, 4) is 16.9 Å². The van der Waals surface area contributed by atoms with E-state index in [1.165, 1.54) is 0 Å². The maximum atomic E-state index is 11.2. The minimum Gasteiger partial charge on any atom is -0.488 e. The van der Waals surface area contributed by atoms with Gasteiger partial charge >= 0.3 is 11.9 Å². The molecule has 0 radical (unpaired) electrons. The van der Waals surface area contributed by atoms with Crippen molar-refractivity contribution in [1.82, 2.24) is 4.98 Å². The number of carbonyl (C=O) groups is 2. The Kier molecular flexibility index (Phi) is 10.2. The zero-order valence-electron chi connectivity index (χ0n) is 22.3. The van der Waals surface area contributed by atoms with Crippen LogP contribution in [-0.4, -0.2) is 27.1 Å². The van der Waals surface area contributed by atoms with Crippen molar-refractivity contribution < 1.29 is 24.5 Å². The Bertz CT molecular complexity index is 1410. The number of benzene rings is 3. The Morgan fingerprint density at radius 1 is 0.800 bits per heavy atom. The molecule has 3 aromatic carbocycles. The lowest BCUT2D eigenvalue weighted by atomic mass is 9.92. The van der Waals surface area contributed by atoms with Gasteiger partial charge in [0.25, 0.3) is 0 Å². The van der Waals surface area contributed by atoms with Gasteiger partial charge in [-0.05, 0) is 77.8 Å². The van der Waals surface area contributed by atoms with E-state index in [0.717, 1.165) is 52.8 Å². The second-order valence-electron chi connectivity index (χ2n) is 9.72. The Morgan fingerprint density at radius 3 is 2.17 bits per heavy atom. The maximum Gasteiger partial charge on any atom is 0.335 e. The summed E-state index contributed by atoms with van der Waals surface area (Å²) in [6, 6.07) is 27.1. The van der Waals surface area contributed by atoms with Crippen LogP contribution in [0.2, 0.25) is 0 Å². The van der Waals surface area contributed by atoms with Crippen LogP contribution in [0.1, 0.15) is 52.7 Å². The molecule has 40 heavy (non-hydrogen) atoms. The summed E-state index contributed by atoms with van der Waals surface area (Å²) >= 11 is 0. The van der Waals surface area contributed by atoms with Crippen molar-refractivity contribution in [1.29, 1.82) is 0 Å². The SMILES string of the molecule is O=C(O)CCCCC(/C=C/c1ccccc1OCc1ccc(-c2ccncc2)cc1)Cc1ccc(C(=O)O)cc1.